The molecule has 1 aromatic carbocycles. The van der Waals surface area contributed by atoms with Crippen molar-refractivity contribution < 1.29 is 14.4 Å². The third kappa shape index (κ3) is 2.50. The lowest BCUT2D eigenvalue weighted by atomic mass is 10.1. The first-order chi connectivity index (χ1) is 9.63. The summed E-state index contributed by atoms with van der Waals surface area (Å²) >= 11 is 4.89. The summed E-state index contributed by atoms with van der Waals surface area (Å²) in [5.74, 6) is -0.217. The van der Waals surface area contributed by atoms with Crippen LogP contribution in [0.15, 0.2) is 44.0 Å². The van der Waals surface area contributed by atoms with E-state index in [1.807, 2.05) is 11.4 Å². The second-order valence-corrected chi connectivity index (χ2v) is 6.24. The van der Waals surface area contributed by atoms with E-state index in [4.69, 9.17) is 9.63 Å². The number of carboxylic acids is 1. The van der Waals surface area contributed by atoms with Gasteiger partial charge in [0.2, 0.25) is 5.82 Å². The Labute approximate surface area is 126 Å². The normalized spacial score (nSPS) is 10.7. The summed E-state index contributed by atoms with van der Waals surface area (Å²) < 4.78 is 6.17. The number of benzene rings is 1. The number of thiophene rings is 1. The van der Waals surface area contributed by atoms with E-state index in [-0.39, 0.29) is 5.56 Å². The quantitative estimate of drug-likeness (QED) is 0.774. The van der Waals surface area contributed by atoms with Crippen LogP contribution in [0.25, 0.3) is 22.8 Å². The Kier molecular flexibility index (Phi) is 3.37. The molecule has 5 nitrogen and oxygen atoms in total. The Morgan fingerprint density at radius 3 is 2.85 bits per heavy atom. The highest BCUT2D eigenvalue weighted by molar-refractivity contribution is 9.11. The highest BCUT2D eigenvalue weighted by atomic mass is 79.9. The number of rotatable bonds is 3. The Hall–Kier alpha value is -1.99. The fourth-order valence-electron chi connectivity index (χ4n) is 1.67. The van der Waals surface area contributed by atoms with Crippen molar-refractivity contribution in [1.82, 2.24) is 10.1 Å². The first-order valence-electron chi connectivity index (χ1n) is 5.55. The molecule has 0 atom stereocenters. The number of hydrogen-bond donors (Lipinski definition) is 1. The lowest BCUT2D eigenvalue weighted by Crippen LogP contribution is -1.96. The molecule has 0 aliphatic carbocycles. The van der Waals surface area contributed by atoms with Gasteiger partial charge in [0.1, 0.15) is 0 Å². The van der Waals surface area contributed by atoms with Crippen LogP contribution in [0.2, 0.25) is 0 Å². The number of aromatic carboxylic acids is 1. The average molecular weight is 351 g/mol. The molecule has 0 saturated heterocycles. The standard InChI is InChI=1S/C13H7BrN2O3S/c14-10-5-9(6-20-10)12-15-11(16-19-12)7-2-1-3-8(4-7)13(17)18/h1-6H,(H,17,18). The zero-order valence-electron chi connectivity index (χ0n) is 9.91. The molecule has 0 amide bonds. The van der Waals surface area contributed by atoms with Gasteiger partial charge in [-0.15, -0.1) is 11.3 Å². The predicted octanol–water partition coefficient (Wildman–Crippen LogP) is 3.93. The summed E-state index contributed by atoms with van der Waals surface area (Å²) in [6.07, 6.45) is 0. The zero-order valence-corrected chi connectivity index (χ0v) is 12.3. The van der Waals surface area contributed by atoms with Gasteiger partial charge in [-0.3, -0.25) is 0 Å². The fourth-order valence-corrected chi connectivity index (χ4v) is 2.80. The van der Waals surface area contributed by atoms with Crippen LogP contribution in [0.4, 0.5) is 0 Å². The molecule has 1 N–H and O–H groups in total. The SMILES string of the molecule is O=C(O)c1cccc(-c2noc(-c3csc(Br)c3)n2)c1. The van der Waals surface area contributed by atoms with Crippen LogP contribution in [0, 0.1) is 0 Å². The Morgan fingerprint density at radius 2 is 2.15 bits per heavy atom. The Morgan fingerprint density at radius 1 is 1.30 bits per heavy atom. The van der Waals surface area contributed by atoms with E-state index in [9.17, 15) is 4.79 Å². The average Bonchev–Trinajstić information content (AvgIpc) is 3.07. The highest BCUT2D eigenvalue weighted by Gasteiger charge is 2.13. The lowest BCUT2D eigenvalue weighted by Gasteiger charge is -1.96. The Balaban J connectivity index is 1.98. The van der Waals surface area contributed by atoms with E-state index in [1.54, 1.807) is 12.1 Å². The van der Waals surface area contributed by atoms with E-state index < -0.39 is 5.97 Å². The molecule has 3 aromatic rings. The first kappa shape index (κ1) is 13.0. The first-order valence-corrected chi connectivity index (χ1v) is 7.22. The van der Waals surface area contributed by atoms with Crippen molar-refractivity contribution in [3.8, 4) is 22.8 Å². The van der Waals surface area contributed by atoms with E-state index in [1.165, 1.54) is 23.5 Å². The number of aromatic nitrogens is 2. The van der Waals surface area contributed by atoms with Gasteiger partial charge in [-0.05, 0) is 34.1 Å². The van der Waals surface area contributed by atoms with E-state index in [2.05, 4.69) is 26.1 Å². The largest absolute Gasteiger partial charge is 0.478 e. The molecule has 3 rings (SSSR count). The Bertz CT molecular complexity index is 781. The van der Waals surface area contributed by atoms with Gasteiger partial charge in [0.05, 0.1) is 14.9 Å². The van der Waals surface area contributed by atoms with Crippen LogP contribution < -0.4 is 0 Å². The van der Waals surface area contributed by atoms with Gasteiger partial charge in [-0.1, -0.05) is 17.3 Å². The molecule has 0 spiro atoms. The summed E-state index contributed by atoms with van der Waals surface area (Å²) in [7, 11) is 0. The molecule has 20 heavy (non-hydrogen) atoms. The highest BCUT2D eigenvalue weighted by Crippen LogP contribution is 2.29. The van der Waals surface area contributed by atoms with Crippen LogP contribution in [-0.2, 0) is 0 Å². The molecule has 0 fully saturated rings. The summed E-state index contributed by atoms with van der Waals surface area (Å²) in [6, 6.07) is 8.31. The van der Waals surface area contributed by atoms with E-state index >= 15 is 0 Å². The molecule has 2 aromatic heterocycles. The van der Waals surface area contributed by atoms with Gasteiger partial charge >= 0.3 is 5.97 Å². The van der Waals surface area contributed by atoms with Gasteiger partial charge in [0.25, 0.3) is 5.89 Å². The second-order valence-electron chi connectivity index (χ2n) is 3.95. The molecule has 2 heterocycles. The molecular weight excluding hydrogens is 344 g/mol. The minimum Gasteiger partial charge on any atom is -0.478 e. The van der Waals surface area contributed by atoms with Gasteiger partial charge in [0.15, 0.2) is 0 Å². The third-order valence-corrected chi connectivity index (χ3v) is 4.11. The monoisotopic (exact) mass is 350 g/mol. The van der Waals surface area contributed by atoms with Crippen molar-refractivity contribution in [2.45, 2.75) is 0 Å². The number of carboxylic acid groups (broad SMARTS) is 1. The molecule has 0 saturated carbocycles. The maximum absolute atomic E-state index is 10.9. The summed E-state index contributed by atoms with van der Waals surface area (Å²) in [6.45, 7) is 0. The number of carbonyl (C=O) groups is 1. The van der Waals surface area contributed by atoms with Crippen molar-refractivity contribution in [3.05, 3.63) is 45.1 Å². The smallest absolute Gasteiger partial charge is 0.335 e. The van der Waals surface area contributed by atoms with Crippen LogP contribution in [0.3, 0.4) is 0 Å². The fraction of sp³-hybridized carbons (Fsp3) is 0. The van der Waals surface area contributed by atoms with Crippen molar-refractivity contribution in [3.63, 3.8) is 0 Å². The summed E-state index contributed by atoms with van der Waals surface area (Å²) in [4.78, 5) is 15.2. The topological polar surface area (TPSA) is 76.2 Å². The second kappa shape index (κ2) is 5.18. The van der Waals surface area contributed by atoms with Crippen LogP contribution in [-0.4, -0.2) is 21.2 Å². The zero-order chi connectivity index (χ0) is 14.1. The summed E-state index contributed by atoms with van der Waals surface area (Å²) in [5, 5.41) is 14.8. The maximum Gasteiger partial charge on any atom is 0.335 e. The van der Waals surface area contributed by atoms with E-state index in [0.717, 1.165) is 9.35 Å². The van der Waals surface area contributed by atoms with Gasteiger partial charge in [-0.2, -0.15) is 4.98 Å². The van der Waals surface area contributed by atoms with Gasteiger partial charge in [0, 0.05) is 10.9 Å². The molecule has 7 heteroatoms. The van der Waals surface area contributed by atoms with Crippen LogP contribution in [0.5, 0.6) is 0 Å². The van der Waals surface area contributed by atoms with Crippen molar-refractivity contribution in [2.24, 2.45) is 0 Å². The van der Waals surface area contributed by atoms with Crippen molar-refractivity contribution in [1.29, 1.82) is 0 Å². The predicted molar refractivity (Wildman–Crippen MR) is 77.7 cm³/mol. The van der Waals surface area contributed by atoms with Crippen molar-refractivity contribution in [2.75, 3.05) is 0 Å². The number of nitrogens with zero attached hydrogens (tertiary/aromatic N) is 2. The molecule has 0 aliphatic rings. The van der Waals surface area contributed by atoms with Crippen LogP contribution in [0.1, 0.15) is 10.4 Å². The van der Waals surface area contributed by atoms with Gasteiger partial charge < -0.3 is 9.63 Å². The minimum atomic E-state index is -0.989. The van der Waals surface area contributed by atoms with Gasteiger partial charge in [-0.25, -0.2) is 4.79 Å². The van der Waals surface area contributed by atoms with E-state index in [0.29, 0.717) is 17.3 Å². The summed E-state index contributed by atoms with van der Waals surface area (Å²) in [5.41, 5.74) is 1.62. The lowest BCUT2D eigenvalue weighted by molar-refractivity contribution is 0.0697. The molecule has 0 aliphatic heterocycles. The molecule has 0 radical (unpaired) electrons. The minimum absolute atomic E-state index is 0.187. The van der Waals surface area contributed by atoms with Crippen molar-refractivity contribution >= 4 is 33.2 Å². The maximum atomic E-state index is 10.9. The van der Waals surface area contributed by atoms with Crippen LogP contribution >= 0.6 is 27.3 Å². The third-order valence-electron chi connectivity index (χ3n) is 2.61. The number of hydrogen-bond acceptors (Lipinski definition) is 5. The molecule has 0 unspecified atom stereocenters. The molecular formula is C13H7BrN2O3S. The molecule has 0 bridgehead atoms. The number of halogens is 1. The molecule has 100 valence electrons.